The smallest absolute Gasteiger partial charge is 0.231 e. The van der Waals surface area contributed by atoms with Gasteiger partial charge in [0, 0.05) is 5.56 Å². The molecule has 2 aliphatic rings. The molecule has 0 spiro atoms. The average molecular weight is 171 g/mol. The van der Waals surface area contributed by atoms with E-state index in [0.717, 1.165) is 22.6 Å². The molecule has 0 radical (unpaired) electrons. The maximum absolute atomic E-state index is 8.69. The monoisotopic (exact) mass is 171 g/mol. The predicted octanol–water partition coefficient (Wildman–Crippen LogP) is 1.79. The fraction of sp³-hybridized carbons (Fsp3) is 0.100. The predicted molar refractivity (Wildman–Crippen MR) is 46.0 cm³/mol. The molecular weight excluding hydrogens is 166 g/mol. The molecule has 3 nitrogen and oxygen atoms in total. The van der Waals surface area contributed by atoms with Crippen molar-refractivity contribution in [3.05, 3.63) is 23.3 Å². The van der Waals surface area contributed by atoms with E-state index < -0.39 is 0 Å². The summed E-state index contributed by atoms with van der Waals surface area (Å²) < 4.78 is 10.4. The van der Waals surface area contributed by atoms with Crippen molar-refractivity contribution in [1.29, 1.82) is 5.26 Å². The molecule has 0 unspecified atom stereocenters. The van der Waals surface area contributed by atoms with E-state index in [1.54, 1.807) is 0 Å². The van der Waals surface area contributed by atoms with E-state index in [1.807, 2.05) is 18.2 Å². The molecule has 0 bridgehead atoms. The summed E-state index contributed by atoms with van der Waals surface area (Å²) in [5.74, 6) is 1.51. The summed E-state index contributed by atoms with van der Waals surface area (Å²) in [6, 6.07) is 5.87. The van der Waals surface area contributed by atoms with Gasteiger partial charge in [-0.15, -0.1) is 0 Å². The van der Waals surface area contributed by atoms with Gasteiger partial charge >= 0.3 is 0 Å². The highest BCUT2D eigenvalue weighted by atomic mass is 16.7. The molecule has 1 aliphatic heterocycles. The molecular formula is C10H5NO2. The van der Waals surface area contributed by atoms with Crippen LogP contribution in [0, 0.1) is 11.3 Å². The number of benzene rings is 1. The molecule has 0 atom stereocenters. The highest BCUT2D eigenvalue weighted by Gasteiger charge is 2.22. The van der Waals surface area contributed by atoms with Crippen LogP contribution in [0.25, 0.3) is 11.6 Å². The van der Waals surface area contributed by atoms with Crippen LogP contribution in [0.4, 0.5) is 0 Å². The molecule has 3 rings (SSSR count). The number of hydrogen-bond donors (Lipinski definition) is 0. The van der Waals surface area contributed by atoms with Crippen molar-refractivity contribution in [3.8, 4) is 17.6 Å². The summed E-state index contributed by atoms with van der Waals surface area (Å²) in [4.78, 5) is 0. The zero-order valence-corrected chi connectivity index (χ0v) is 6.70. The molecule has 0 aromatic heterocycles. The van der Waals surface area contributed by atoms with Crippen molar-refractivity contribution < 1.29 is 9.47 Å². The van der Waals surface area contributed by atoms with Crippen molar-refractivity contribution in [3.63, 3.8) is 0 Å². The summed E-state index contributed by atoms with van der Waals surface area (Å²) in [5.41, 5.74) is 2.74. The standard InChI is InChI=1S/C10H5NO2/c11-4-7-1-6-2-9-10(3-8(6)7)13-5-12-9/h1-3H,5H2. The third-order valence-electron chi connectivity index (χ3n) is 2.26. The lowest BCUT2D eigenvalue weighted by Crippen LogP contribution is -1.96. The Morgan fingerprint density at radius 1 is 1.23 bits per heavy atom. The Labute approximate surface area is 74.8 Å². The average Bonchev–Trinajstić information content (AvgIpc) is 2.55. The van der Waals surface area contributed by atoms with Gasteiger partial charge in [-0.05, 0) is 23.8 Å². The van der Waals surface area contributed by atoms with Gasteiger partial charge in [0.2, 0.25) is 6.79 Å². The molecule has 62 valence electrons. The second-order valence-corrected chi connectivity index (χ2v) is 2.96. The molecule has 0 saturated carbocycles. The Balaban J connectivity index is 2.17. The lowest BCUT2D eigenvalue weighted by atomic mass is 9.89. The zero-order valence-electron chi connectivity index (χ0n) is 6.70. The van der Waals surface area contributed by atoms with Crippen LogP contribution in [0.3, 0.4) is 0 Å². The van der Waals surface area contributed by atoms with Crippen LogP contribution in [-0.2, 0) is 0 Å². The number of fused-ring (bicyclic) bond motifs is 2. The molecule has 0 N–H and O–H groups in total. The SMILES string of the molecule is N#CC1=Cc2cc3c(cc21)OCO3. The Morgan fingerprint density at radius 3 is 2.77 bits per heavy atom. The van der Waals surface area contributed by atoms with Crippen molar-refractivity contribution in [2.75, 3.05) is 6.79 Å². The number of nitriles is 1. The number of ether oxygens (including phenoxy) is 2. The van der Waals surface area contributed by atoms with E-state index in [1.165, 1.54) is 0 Å². The second-order valence-electron chi connectivity index (χ2n) is 2.96. The quantitative estimate of drug-likeness (QED) is 0.597. The van der Waals surface area contributed by atoms with Gasteiger partial charge in [-0.3, -0.25) is 0 Å². The molecule has 1 aromatic rings. The Bertz CT molecular complexity index is 469. The van der Waals surface area contributed by atoms with Gasteiger partial charge in [0.05, 0.1) is 11.6 Å². The molecule has 1 heterocycles. The van der Waals surface area contributed by atoms with Crippen molar-refractivity contribution in [1.82, 2.24) is 0 Å². The first-order chi connectivity index (χ1) is 6.38. The number of nitrogens with zero attached hydrogens (tertiary/aromatic N) is 1. The number of hydrogen-bond acceptors (Lipinski definition) is 3. The zero-order chi connectivity index (χ0) is 8.84. The van der Waals surface area contributed by atoms with E-state index >= 15 is 0 Å². The highest BCUT2D eigenvalue weighted by molar-refractivity contribution is 6.02. The topological polar surface area (TPSA) is 42.2 Å². The normalized spacial score (nSPS) is 15.5. The van der Waals surface area contributed by atoms with Crippen LogP contribution >= 0.6 is 0 Å². The molecule has 1 aliphatic carbocycles. The van der Waals surface area contributed by atoms with Gasteiger partial charge in [0.1, 0.15) is 0 Å². The molecule has 0 fully saturated rings. The summed E-state index contributed by atoms with van der Waals surface area (Å²) >= 11 is 0. The van der Waals surface area contributed by atoms with E-state index in [-0.39, 0.29) is 6.79 Å². The van der Waals surface area contributed by atoms with E-state index in [4.69, 9.17) is 14.7 Å². The first-order valence-electron chi connectivity index (χ1n) is 3.94. The fourth-order valence-electron chi connectivity index (χ4n) is 1.56. The number of allylic oxidation sites excluding steroid dienone is 1. The Kier molecular flexibility index (Phi) is 1.03. The summed E-state index contributed by atoms with van der Waals surface area (Å²) in [5, 5.41) is 8.69. The van der Waals surface area contributed by atoms with E-state index in [2.05, 4.69) is 6.07 Å². The maximum Gasteiger partial charge on any atom is 0.231 e. The van der Waals surface area contributed by atoms with Crippen LogP contribution in [-0.4, -0.2) is 6.79 Å². The third-order valence-corrected chi connectivity index (χ3v) is 2.26. The maximum atomic E-state index is 8.69. The largest absolute Gasteiger partial charge is 0.454 e. The minimum Gasteiger partial charge on any atom is -0.454 e. The van der Waals surface area contributed by atoms with Gasteiger partial charge in [-0.1, -0.05) is 0 Å². The molecule has 0 saturated heterocycles. The highest BCUT2D eigenvalue weighted by Crippen LogP contribution is 2.42. The molecule has 3 heteroatoms. The van der Waals surface area contributed by atoms with E-state index in [9.17, 15) is 0 Å². The van der Waals surface area contributed by atoms with Crippen LogP contribution in [0.15, 0.2) is 12.1 Å². The van der Waals surface area contributed by atoms with Crippen LogP contribution in [0.2, 0.25) is 0 Å². The van der Waals surface area contributed by atoms with Gasteiger partial charge in [-0.2, -0.15) is 5.26 Å². The summed E-state index contributed by atoms with van der Waals surface area (Å²) in [6.45, 7) is 0.278. The first-order valence-corrected chi connectivity index (χ1v) is 3.94. The van der Waals surface area contributed by atoms with Crippen molar-refractivity contribution in [2.45, 2.75) is 0 Å². The van der Waals surface area contributed by atoms with Crippen LogP contribution in [0.5, 0.6) is 11.5 Å². The lowest BCUT2D eigenvalue weighted by Gasteiger charge is -2.14. The second kappa shape index (κ2) is 2.05. The fourth-order valence-corrected chi connectivity index (χ4v) is 1.56. The summed E-state index contributed by atoms with van der Waals surface area (Å²) in [6.07, 6.45) is 1.84. The minimum atomic E-state index is 0.278. The van der Waals surface area contributed by atoms with Gasteiger partial charge in [0.25, 0.3) is 0 Å². The minimum absolute atomic E-state index is 0.278. The third kappa shape index (κ3) is 0.721. The Morgan fingerprint density at radius 2 is 2.00 bits per heavy atom. The lowest BCUT2D eigenvalue weighted by molar-refractivity contribution is 0.174. The number of rotatable bonds is 0. The van der Waals surface area contributed by atoms with Crippen molar-refractivity contribution in [2.24, 2.45) is 0 Å². The van der Waals surface area contributed by atoms with Gasteiger partial charge in [-0.25, -0.2) is 0 Å². The summed E-state index contributed by atoms with van der Waals surface area (Å²) in [7, 11) is 0. The molecule has 13 heavy (non-hydrogen) atoms. The molecule has 1 aromatic carbocycles. The van der Waals surface area contributed by atoms with Gasteiger partial charge < -0.3 is 9.47 Å². The Hall–Kier alpha value is -1.95. The molecule has 0 amide bonds. The van der Waals surface area contributed by atoms with Crippen molar-refractivity contribution >= 4 is 11.6 Å². The first kappa shape index (κ1) is 6.55. The van der Waals surface area contributed by atoms with Gasteiger partial charge in [0.15, 0.2) is 11.5 Å². The van der Waals surface area contributed by atoms with Crippen LogP contribution in [0.1, 0.15) is 11.1 Å². The van der Waals surface area contributed by atoms with Crippen LogP contribution < -0.4 is 9.47 Å². The van der Waals surface area contributed by atoms with E-state index in [0.29, 0.717) is 5.57 Å².